The van der Waals surface area contributed by atoms with E-state index < -0.39 is 0 Å². The molecule has 5 heteroatoms. The number of anilines is 1. The first-order valence-corrected chi connectivity index (χ1v) is 7.76. The summed E-state index contributed by atoms with van der Waals surface area (Å²) in [6, 6.07) is 4.52. The summed E-state index contributed by atoms with van der Waals surface area (Å²) in [5.41, 5.74) is 0.952. The van der Waals surface area contributed by atoms with Gasteiger partial charge in [-0.15, -0.1) is 0 Å². The van der Waals surface area contributed by atoms with Gasteiger partial charge < -0.3 is 10.2 Å². The molecule has 1 aromatic rings. The van der Waals surface area contributed by atoms with Gasteiger partial charge in [-0.2, -0.15) is 0 Å². The van der Waals surface area contributed by atoms with Crippen LogP contribution in [0.4, 0.5) is 5.82 Å². The smallest absolute Gasteiger partial charge is 0.126 e. The number of aromatic nitrogens is 1. The molecule has 0 aromatic carbocycles. The topological polar surface area (TPSA) is 31.4 Å². The maximum absolute atomic E-state index is 6.26. The lowest BCUT2D eigenvalue weighted by Gasteiger charge is -2.25. The van der Waals surface area contributed by atoms with Crippen LogP contribution in [0.1, 0.15) is 25.5 Å². The summed E-state index contributed by atoms with van der Waals surface area (Å²) in [7, 11) is 4.35. The average molecular weight is 297 g/mol. The summed E-state index contributed by atoms with van der Waals surface area (Å²) >= 11 is 6.26. The van der Waals surface area contributed by atoms with Gasteiger partial charge in [-0.05, 0) is 52.5 Å². The van der Waals surface area contributed by atoms with Crippen LogP contribution in [0.2, 0.25) is 5.02 Å². The van der Waals surface area contributed by atoms with Crippen molar-refractivity contribution in [2.45, 2.75) is 32.4 Å². The van der Waals surface area contributed by atoms with Crippen molar-refractivity contribution in [1.29, 1.82) is 0 Å². The normalized spacial score (nSPS) is 19.8. The molecule has 2 heterocycles. The fourth-order valence-corrected chi connectivity index (χ4v) is 2.93. The van der Waals surface area contributed by atoms with E-state index in [0.717, 1.165) is 36.2 Å². The third kappa shape index (κ3) is 4.08. The van der Waals surface area contributed by atoms with Crippen LogP contribution in [-0.4, -0.2) is 54.6 Å². The van der Waals surface area contributed by atoms with E-state index in [2.05, 4.69) is 41.1 Å². The molecule has 1 aliphatic heterocycles. The van der Waals surface area contributed by atoms with Gasteiger partial charge in [0, 0.05) is 25.7 Å². The van der Waals surface area contributed by atoms with Gasteiger partial charge in [0.1, 0.15) is 5.82 Å². The van der Waals surface area contributed by atoms with Gasteiger partial charge in [0.2, 0.25) is 0 Å². The Labute approximate surface area is 127 Å². The van der Waals surface area contributed by atoms with Crippen molar-refractivity contribution in [1.82, 2.24) is 14.8 Å². The van der Waals surface area contributed by atoms with Gasteiger partial charge >= 0.3 is 0 Å². The van der Waals surface area contributed by atoms with Crippen LogP contribution < -0.4 is 5.32 Å². The number of pyridine rings is 1. The SMILES string of the molecule is CCNc1ccc(Cl)c(CN(C)CC2CCCN2C)n1. The number of hydrogen-bond acceptors (Lipinski definition) is 4. The van der Waals surface area contributed by atoms with E-state index >= 15 is 0 Å². The van der Waals surface area contributed by atoms with E-state index in [4.69, 9.17) is 11.6 Å². The third-order valence-electron chi connectivity index (χ3n) is 3.89. The van der Waals surface area contributed by atoms with Crippen molar-refractivity contribution in [2.24, 2.45) is 0 Å². The number of likely N-dealkylation sites (tertiary alicyclic amines) is 1. The predicted octanol–water partition coefficient (Wildman–Crippen LogP) is 2.69. The van der Waals surface area contributed by atoms with Crippen LogP contribution in [0.5, 0.6) is 0 Å². The second kappa shape index (κ2) is 7.25. The van der Waals surface area contributed by atoms with Crippen molar-refractivity contribution >= 4 is 17.4 Å². The highest BCUT2D eigenvalue weighted by atomic mass is 35.5. The van der Waals surface area contributed by atoms with Crippen LogP contribution in [0, 0.1) is 0 Å². The monoisotopic (exact) mass is 296 g/mol. The van der Waals surface area contributed by atoms with Crippen molar-refractivity contribution in [3.05, 3.63) is 22.8 Å². The Bertz CT molecular complexity index is 438. The van der Waals surface area contributed by atoms with E-state index in [1.54, 1.807) is 0 Å². The van der Waals surface area contributed by atoms with Gasteiger partial charge in [0.25, 0.3) is 0 Å². The highest BCUT2D eigenvalue weighted by molar-refractivity contribution is 6.31. The maximum atomic E-state index is 6.26. The molecule has 2 rings (SSSR count). The lowest BCUT2D eigenvalue weighted by Crippen LogP contribution is -2.36. The molecule has 0 saturated carbocycles. The summed E-state index contributed by atoms with van der Waals surface area (Å²) in [6.45, 7) is 6.02. The Kier molecular flexibility index (Phi) is 5.64. The van der Waals surface area contributed by atoms with E-state index in [0.29, 0.717) is 6.04 Å². The minimum absolute atomic E-state index is 0.663. The van der Waals surface area contributed by atoms with Gasteiger partial charge in [0.05, 0.1) is 10.7 Å². The molecule has 0 amide bonds. The zero-order valence-electron chi connectivity index (χ0n) is 12.7. The summed E-state index contributed by atoms with van der Waals surface area (Å²) in [5, 5.41) is 3.98. The minimum Gasteiger partial charge on any atom is -0.370 e. The molecule has 0 bridgehead atoms. The Morgan fingerprint density at radius 3 is 2.95 bits per heavy atom. The fraction of sp³-hybridized carbons (Fsp3) is 0.667. The highest BCUT2D eigenvalue weighted by Gasteiger charge is 2.22. The van der Waals surface area contributed by atoms with E-state index in [-0.39, 0.29) is 0 Å². The molecule has 1 aromatic heterocycles. The fourth-order valence-electron chi connectivity index (χ4n) is 2.76. The Hall–Kier alpha value is -0.840. The molecule has 1 saturated heterocycles. The van der Waals surface area contributed by atoms with Crippen LogP contribution in [-0.2, 0) is 6.54 Å². The quantitative estimate of drug-likeness (QED) is 0.874. The highest BCUT2D eigenvalue weighted by Crippen LogP contribution is 2.20. The molecule has 4 nitrogen and oxygen atoms in total. The van der Waals surface area contributed by atoms with E-state index in [9.17, 15) is 0 Å². The molecule has 112 valence electrons. The van der Waals surface area contributed by atoms with Crippen LogP contribution in [0.3, 0.4) is 0 Å². The van der Waals surface area contributed by atoms with Crippen molar-refractivity contribution in [3.63, 3.8) is 0 Å². The molecule has 1 N–H and O–H groups in total. The molecule has 1 unspecified atom stereocenters. The number of nitrogens with zero attached hydrogens (tertiary/aromatic N) is 3. The van der Waals surface area contributed by atoms with Gasteiger partial charge in [-0.1, -0.05) is 11.6 Å². The molecule has 0 spiro atoms. The lowest BCUT2D eigenvalue weighted by molar-refractivity contribution is 0.214. The zero-order chi connectivity index (χ0) is 14.5. The second-order valence-corrected chi connectivity index (χ2v) is 6.04. The number of hydrogen-bond donors (Lipinski definition) is 1. The Balaban J connectivity index is 1.96. The Morgan fingerprint density at radius 2 is 2.30 bits per heavy atom. The number of rotatable bonds is 6. The first-order valence-electron chi connectivity index (χ1n) is 7.38. The van der Waals surface area contributed by atoms with Crippen molar-refractivity contribution in [3.8, 4) is 0 Å². The van der Waals surface area contributed by atoms with Gasteiger partial charge in [-0.25, -0.2) is 4.98 Å². The van der Waals surface area contributed by atoms with Gasteiger partial charge in [0.15, 0.2) is 0 Å². The number of nitrogens with one attached hydrogen (secondary N) is 1. The zero-order valence-corrected chi connectivity index (χ0v) is 13.5. The first-order chi connectivity index (χ1) is 9.60. The molecular formula is C15H25ClN4. The van der Waals surface area contributed by atoms with Crippen LogP contribution in [0.15, 0.2) is 12.1 Å². The predicted molar refractivity (Wildman–Crippen MR) is 85.4 cm³/mol. The van der Waals surface area contributed by atoms with E-state index in [1.165, 1.54) is 19.4 Å². The van der Waals surface area contributed by atoms with Crippen molar-refractivity contribution < 1.29 is 0 Å². The van der Waals surface area contributed by atoms with Crippen molar-refractivity contribution in [2.75, 3.05) is 39.0 Å². The molecule has 1 aliphatic rings. The minimum atomic E-state index is 0.663. The van der Waals surface area contributed by atoms with E-state index in [1.807, 2.05) is 12.1 Å². The van der Waals surface area contributed by atoms with Gasteiger partial charge in [-0.3, -0.25) is 4.90 Å². The maximum Gasteiger partial charge on any atom is 0.126 e. The Morgan fingerprint density at radius 1 is 1.50 bits per heavy atom. The lowest BCUT2D eigenvalue weighted by atomic mass is 10.2. The van der Waals surface area contributed by atoms with Crippen LogP contribution in [0.25, 0.3) is 0 Å². The first kappa shape index (κ1) is 15.5. The largest absolute Gasteiger partial charge is 0.370 e. The molecule has 0 aliphatic carbocycles. The summed E-state index contributed by atoms with van der Waals surface area (Å²) < 4.78 is 0. The molecule has 20 heavy (non-hydrogen) atoms. The molecule has 1 atom stereocenters. The van der Waals surface area contributed by atoms with Crippen LogP contribution >= 0.6 is 11.6 Å². The summed E-state index contributed by atoms with van der Waals surface area (Å²) in [4.78, 5) is 9.36. The third-order valence-corrected chi connectivity index (χ3v) is 4.23. The standard InChI is InChI=1S/C15H25ClN4/c1-4-17-15-8-7-13(16)14(18-15)11-19(2)10-12-6-5-9-20(12)3/h7-8,12H,4-6,9-11H2,1-3H3,(H,17,18). The molecule has 1 fully saturated rings. The molecular weight excluding hydrogens is 272 g/mol. The number of likely N-dealkylation sites (N-methyl/N-ethyl adjacent to an activating group) is 2. The molecule has 0 radical (unpaired) electrons. The summed E-state index contributed by atoms with van der Waals surface area (Å²) in [5.74, 6) is 0.901. The second-order valence-electron chi connectivity index (χ2n) is 5.63. The average Bonchev–Trinajstić information content (AvgIpc) is 2.79. The number of halogens is 1. The summed E-state index contributed by atoms with van der Waals surface area (Å²) in [6.07, 6.45) is 2.60.